The third kappa shape index (κ3) is 6.77. The maximum atomic E-state index is 6.33. The summed E-state index contributed by atoms with van der Waals surface area (Å²) in [5.74, 6) is 2.64. The number of nitrogens with one attached hydrogen (secondary N) is 2. The van der Waals surface area contributed by atoms with Gasteiger partial charge in [-0.2, -0.15) is 0 Å². The van der Waals surface area contributed by atoms with Gasteiger partial charge >= 0.3 is 0 Å². The molecule has 1 atom stereocenters. The Morgan fingerprint density at radius 2 is 1.86 bits per heavy atom. The van der Waals surface area contributed by atoms with Crippen molar-refractivity contribution in [1.29, 1.82) is 0 Å². The van der Waals surface area contributed by atoms with Gasteiger partial charge in [-0.15, -0.1) is 24.0 Å². The summed E-state index contributed by atoms with van der Waals surface area (Å²) in [6.07, 6.45) is 0. The molecule has 0 aliphatic carbocycles. The summed E-state index contributed by atoms with van der Waals surface area (Å²) in [7, 11) is 1.78. The van der Waals surface area contributed by atoms with Crippen LogP contribution in [0.5, 0.6) is 11.5 Å². The van der Waals surface area contributed by atoms with Gasteiger partial charge in [0.05, 0.1) is 18.2 Å². The number of guanidine groups is 1. The number of hydrogen-bond donors (Lipinski definition) is 2. The number of nitrogens with zero attached hydrogens (tertiary/aromatic N) is 2. The highest BCUT2D eigenvalue weighted by atomic mass is 127. The van der Waals surface area contributed by atoms with E-state index in [1.807, 2.05) is 12.1 Å². The van der Waals surface area contributed by atoms with Crippen LogP contribution in [0.15, 0.2) is 17.1 Å². The number of fused-ring (bicyclic) bond motifs is 1. The number of hydrogen-bond acceptors (Lipinski definition) is 5. The quantitative estimate of drug-likeness (QED) is 0.330. The Balaban J connectivity index is 0.00000300. The van der Waals surface area contributed by atoms with E-state index in [9.17, 15) is 0 Å². The largest absolute Gasteiger partial charge is 0.486 e. The highest BCUT2D eigenvalue weighted by molar-refractivity contribution is 14.0. The Kier molecular flexibility index (Phi) is 10.1. The van der Waals surface area contributed by atoms with E-state index in [0.29, 0.717) is 48.2 Å². The summed E-state index contributed by atoms with van der Waals surface area (Å²) >= 11 is 6.33. The molecule has 1 aromatic rings. The standard InChI is InChI=1S/C20H31ClN4O3.HI/c1-14(2)17(25-4-6-26-7-5-25)13-24-20(22-3)23-12-15-10-16(21)19-18(11-15)27-8-9-28-19;/h10-11,14,17H,4-9,12-13H2,1-3H3,(H2,22,23,24);1H. The molecule has 1 unspecified atom stereocenters. The lowest BCUT2D eigenvalue weighted by Crippen LogP contribution is -2.52. The van der Waals surface area contributed by atoms with E-state index in [0.717, 1.165) is 44.4 Å². The maximum Gasteiger partial charge on any atom is 0.191 e. The number of morpholine rings is 1. The van der Waals surface area contributed by atoms with Crippen molar-refractivity contribution in [2.24, 2.45) is 10.9 Å². The van der Waals surface area contributed by atoms with Crippen LogP contribution >= 0.6 is 35.6 Å². The van der Waals surface area contributed by atoms with Crippen molar-refractivity contribution in [1.82, 2.24) is 15.5 Å². The molecule has 2 heterocycles. The van der Waals surface area contributed by atoms with Crippen LogP contribution in [0.2, 0.25) is 5.02 Å². The molecule has 1 fully saturated rings. The van der Waals surface area contributed by atoms with Gasteiger partial charge in [0.15, 0.2) is 17.5 Å². The predicted octanol–water partition coefficient (Wildman–Crippen LogP) is 2.75. The normalized spacial score (nSPS) is 18.2. The number of ether oxygens (including phenoxy) is 3. The second-order valence-corrected chi connectivity index (χ2v) is 7.78. The highest BCUT2D eigenvalue weighted by Crippen LogP contribution is 2.38. The SMILES string of the molecule is CN=C(NCc1cc(Cl)c2c(c1)OCCO2)NCC(C(C)C)N1CCOCC1.I. The Morgan fingerprint density at radius 3 is 2.55 bits per heavy atom. The fourth-order valence-corrected chi connectivity index (χ4v) is 3.86. The summed E-state index contributed by atoms with van der Waals surface area (Å²) in [6, 6.07) is 4.30. The van der Waals surface area contributed by atoms with Gasteiger partial charge in [-0.05, 0) is 23.6 Å². The zero-order valence-electron chi connectivity index (χ0n) is 17.4. The first-order valence-electron chi connectivity index (χ1n) is 9.93. The second-order valence-electron chi connectivity index (χ2n) is 7.37. The van der Waals surface area contributed by atoms with Crippen LogP contribution < -0.4 is 20.1 Å². The minimum Gasteiger partial charge on any atom is -0.486 e. The average Bonchev–Trinajstić information content (AvgIpc) is 2.71. The smallest absolute Gasteiger partial charge is 0.191 e. The summed E-state index contributed by atoms with van der Waals surface area (Å²) in [5.41, 5.74) is 1.02. The Hall–Kier alpha value is -0.970. The summed E-state index contributed by atoms with van der Waals surface area (Å²) < 4.78 is 16.7. The van der Waals surface area contributed by atoms with Gasteiger partial charge in [0.25, 0.3) is 0 Å². The lowest BCUT2D eigenvalue weighted by atomic mass is 10.0. The van der Waals surface area contributed by atoms with Crippen molar-refractivity contribution in [3.63, 3.8) is 0 Å². The fraction of sp³-hybridized carbons (Fsp3) is 0.650. The van der Waals surface area contributed by atoms with E-state index in [1.54, 1.807) is 7.05 Å². The van der Waals surface area contributed by atoms with Gasteiger partial charge in [-0.3, -0.25) is 9.89 Å². The van der Waals surface area contributed by atoms with E-state index >= 15 is 0 Å². The summed E-state index contributed by atoms with van der Waals surface area (Å²) in [5, 5.41) is 7.39. The molecular weight excluding hydrogens is 507 g/mol. The van der Waals surface area contributed by atoms with Gasteiger partial charge < -0.3 is 24.8 Å². The molecule has 1 saturated heterocycles. The minimum absolute atomic E-state index is 0. The van der Waals surface area contributed by atoms with Crippen LogP contribution in [0.3, 0.4) is 0 Å². The topological polar surface area (TPSA) is 67.4 Å². The number of rotatable bonds is 6. The van der Waals surface area contributed by atoms with Crippen molar-refractivity contribution in [2.45, 2.75) is 26.4 Å². The maximum absolute atomic E-state index is 6.33. The molecule has 2 aliphatic heterocycles. The molecule has 3 rings (SSSR count). The third-order valence-corrected chi connectivity index (χ3v) is 5.38. The van der Waals surface area contributed by atoms with Crippen LogP contribution in [-0.2, 0) is 11.3 Å². The molecule has 0 aromatic heterocycles. The Bertz CT molecular complexity index is 684. The van der Waals surface area contributed by atoms with E-state index in [-0.39, 0.29) is 24.0 Å². The molecule has 2 aliphatic rings. The first-order chi connectivity index (χ1) is 13.6. The molecule has 9 heteroatoms. The van der Waals surface area contributed by atoms with Gasteiger partial charge in [-0.25, -0.2) is 0 Å². The number of benzene rings is 1. The first-order valence-corrected chi connectivity index (χ1v) is 10.3. The zero-order chi connectivity index (χ0) is 19.9. The molecule has 7 nitrogen and oxygen atoms in total. The molecule has 2 N–H and O–H groups in total. The van der Waals surface area contributed by atoms with Gasteiger partial charge in [0, 0.05) is 39.3 Å². The lowest BCUT2D eigenvalue weighted by molar-refractivity contribution is 0.00752. The van der Waals surface area contributed by atoms with Gasteiger partial charge in [-0.1, -0.05) is 25.4 Å². The molecule has 164 valence electrons. The number of halogens is 2. The Morgan fingerprint density at radius 1 is 1.14 bits per heavy atom. The van der Waals surface area contributed by atoms with Crippen LogP contribution in [0.25, 0.3) is 0 Å². The van der Waals surface area contributed by atoms with Crippen molar-refractivity contribution in [3.8, 4) is 11.5 Å². The molecule has 1 aromatic carbocycles. The summed E-state index contributed by atoms with van der Waals surface area (Å²) in [6.45, 7) is 10.6. The third-order valence-electron chi connectivity index (χ3n) is 5.10. The average molecular weight is 539 g/mol. The van der Waals surface area contributed by atoms with Crippen molar-refractivity contribution < 1.29 is 14.2 Å². The molecule has 0 bridgehead atoms. The fourth-order valence-electron chi connectivity index (χ4n) is 3.57. The minimum atomic E-state index is 0. The molecule has 29 heavy (non-hydrogen) atoms. The van der Waals surface area contributed by atoms with E-state index in [4.69, 9.17) is 25.8 Å². The zero-order valence-corrected chi connectivity index (χ0v) is 20.5. The lowest BCUT2D eigenvalue weighted by Gasteiger charge is -2.37. The number of aliphatic imine (C=N–C) groups is 1. The van der Waals surface area contributed by atoms with E-state index < -0.39 is 0 Å². The molecule has 0 saturated carbocycles. The second kappa shape index (κ2) is 12.0. The predicted molar refractivity (Wildman–Crippen MR) is 127 cm³/mol. The first kappa shape index (κ1) is 24.3. The van der Waals surface area contributed by atoms with Crippen molar-refractivity contribution >= 4 is 41.5 Å². The van der Waals surface area contributed by atoms with Gasteiger partial charge in [0.2, 0.25) is 0 Å². The highest BCUT2D eigenvalue weighted by Gasteiger charge is 2.24. The van der Waals surface area contributed by atoms with E-state index in [1.165, 1.54) is 0 Å². The monoisotopic (exact) mass is 538 g/mol. The van der Waals surface area contributed by atoms with Crippen molar-refractivity contribution in [2.75, 3.05) is 53.1 Å². The molecule has 0 spiro atoms. The van der Waals surface area contributed by atoms with Crippen LogP contribution in [0, 0.1) is 5.92 Å². The molecule has 0 amide bonds. The Labute approximate surface area is 195 Å². The van der Waals surface area contributed by atoms with E-state index in [2.05, 4.69) is 34.4 Å². The van der Waals surface area contributed by atoms with Crippen LogP contribution in [0.1, 0.15) is 19.4 Å². The molecular formula is C20H32ClIN4O3. The molecule has 0 radical (unpaired) electrons. The van der Waals surface area contributed by atoms with Gasteiger partial charge in [0.1, 0.15) is 13.2 Å². The summed E-state index contributed by atoms with van der Waals surface area (Å²) in [4.78, 5) is 6.85. The van der Waals surface area contributed by atoms with Crippen LogP contribution in [-0.4, -0.2) is 70.0 Å². The van der Waals surface area contributed by atoms with Crippen LogP contribution in [0.4, 0.5) is 0 Å². The van der Waals surface area contributed by atoms with Crippen molar-refractivity contribution in [3.05, 3.63) is 22.7 Å².